The topological polar surface area (TPSA) is 49.9 Å². The Bertz CT molecular complexity index is 1090. The number of amides is 1. The van der Waals surface area contributed by atoms with Gasteiger partial charge in [-0.15, -0.1) is 0 Å². The highest BCUT2D eigenvalue weighted by atomic mass is 35.5. The predicted molar refractivity (Wildman–Crippen MR) is 126 cm³/mol. The standard InChI is InChI=1S/C26H27ClN2O3/c1-18(30)24-17-28(16-21-5-3-4-6-25(21)27)12-9-19(24)10-13-29-14-11-20-15-22(32-2)7-8-23(20)26(29)31/h3-9,12,15,17,19H,10-11,13-14,16H2,1-2H3. The summed E-state index contributed by atoms with van der Waals surface area (Å²) in [4.78, 5) is 29.2. The van der Waals surface area contributed by atoms with Crippen molar-refractivity contribution in [2.24, 2.45) is 5.92 Å². The van der Waals surface area contributed by atoms with Gasteiger partial charge in [-0.3, -0.25) is 9.59 Å². The van der Waals surface area contributed by atoms with Crippen molar-refractivity contribution < 1.29 is 14.3 Å². The Morgan fingerprint density at radius 3 is 2.78 bits per heavy atom. The molecule has 2 aromatic rings. The molecule has 5 nitrogen and oxygen atoms in total. The molecule has 0 saturated carbocycles. The molecule has 0 saturated heterocycles. The molecule has 0 bridgehead atoms. The van der Waals surface area contributed by atoms with Crippen LogP contribution < -0.4 is 4.74 Å². The van der Waals surface area contributed by atoms with Crippen molar-refractivity contribution in [3.05, 3.63) is 88.2 Å². The van der Waals surface area contributed by atoms with Gasteiger partial charge in [-0.05, 0) is 55.2 Å². The third-order valence-electron chi connectivity index (χ3n) is 6.12. The molecule has 0 N–H and O–H groups in total. The molecule has 2 aliphatic heterocycles. The van der Waals surface area contributed by atoms with Crippen molar-refractivity contribution in [3.63, 3.8) is 0 Å². The van der Waals surface area contributed by atoms with Crippen molar-refractivity contribution in [3.8, 4) is 5.75 Å². The van der Waals surface area contributed by atoms with Gasteiger partial charge in [-0.2, -0.15) is 0 Å². The largest absolute Gasteiger partial charge is 0.497 e. The van der Waals surface area contributed by atoms with Crippen molar-refractivity contribution in [1.29, 1.82) is 0 Å². The number of carbonyl (C=O) groups excluding carboxylic acids is 2. The zero-order chi connectivity index (χ0) is 22.7. The van der Waals surface area contributed by atoms with E-state index in [1.807, 2.05) is 64.7 Å². The van der Waals surface area contributed by atoms with E-state index in [-0.39, 0.29) is 17.6 Å². The third kappa shape index (κ3) is 4.73. The summed E-state index contributed by atoms with van der Waals surface area (Å²) in [5.41, 5.74) is 3.53. The number of ether oxygens (including phenoxy) is 1. The number of Topliss-reactive ketones (excluding diaryl/α,β-unsaturated/α-hetero) is 1. The van der Waals surface area contributed by atoms with E-state index in [2.05, 4.69) is 6.08 Å². The van der Waals surface area contributed by atoms with Crippen LogP contribution in [0.2, 0.25) is 5.02 Å². The molecular formula is C26H27ClN2O3. The molecule has 2 aromatic carbocycles. The van der Waals surface area contributed by atoms with E-state index in [0.29, 0.717) is 31.1 Å². The van der Waals surface area contributed by atoms with Crippen LogP contribution in [-0.4, -0.2) is 41.7 Å². The first-order valence-electron chi connectivity index (χ1n) is 10.8. The molecule has 166 valence electrons. The minimum atomic E-state index is -0.0138. The lowest BCUT2D eigenvalue weighted by Crippen LogP contribution is -2.39. The number of methoxy groups -OCH3 is 1. The van der Waals surface area contributed by atoms with Gasteiger partial charge in [0, 0.05) is 54.1 Å². The molecule has 1 atom stereocenters. The monoisotopic (exact) mass is 450 g/mol. The van der Waals surface area contributed by atoms with Crippen LogP contribution in [0.3, 0.4) is 0 Å². The average Bonchev–Trinajstić information content (AvgIpc) is 2.80. The fourth-order valence-electron chi connectivity index (χ4n) is 4.31. The number of fused-ring (bicyclic) bond motifs is 1. The summed E-state index contributed by atoms with van der Waals surface area (Å²) in [6, 6.07) is 13.3. The summed E-state index contributed by atoms with van der Waals surface area (Å²) in [6.07, 6.45) is 7.48. The number of hydrogen-bond donors (Lipinski definition) is 0. The van der Waals surface area contributed by atoms with Gasteiger partial charge in [0.1, 0.15) is 5.75 Å². The highest BCUT2D eigenvalue weighted by molar-refractivity contribution is 6.31. The van der Waals surface area contributed by atoms with Gasteiger partial charge in [0.25, 0.3) is 5.91 Å². The lowest BCUT2D eigenvalue weighted by molar-refractivity contribution is -0.114. The maximum Gasteiger partial charge on any atom is 0.254 e. The smallest absolute Gasteiger partial charge is 0.254 e. The van der Waals surface area contributed by atoms with Crippen LogP contribution >= 0.6 is 11.6 Å². The Hall–Kier alpha value is -3.05. The molecule has 32 heavy (non-hydrogen) atoms. The summed E-state index contributed by atoms with van der Waals surface area (Å²) >= 11 is 6.29. The predicted octanol–water partition coefficient (Wildman–Crippen LogP) is 4.86. The molecular weight excluding hydrogens is 424 g/mol. The normalized spacial score (nSPS) is 17.8. The lowest BCUT2D eigenvalue weighted by atomic mass is 9.90. The van der Waals surface area contributed by atoms with Crippen LogP contribution in [0.25, 0.3) is 0 Å². The van der Waals surface area contributed by atoms with Crippen LogP contribution in [0, 0.1) is 5.92 Å². The van der Waals surface area contributed by atoms with E-state index in [9.17, 15) is 9.59 Å². The Kier molecular flexibility index (Phi) is 6.66. The summed E-state index contributed by atoms with van der Waals surface area (Å²) < 4.78 is 5.27. The zero-order valence-corrected chi connectivity index (χ0v) is 19.1. The fourth-order valence-corrected chi connectivity index (χ4v) is 4.50. The van der Waals surface area contributed by atoms with Gasteiger partial charge in [-0.25, -0.2) is 0 Å². The molecule has 0 spiro atoms. The van der Waals surface area contributed by atoms with E-state index in [0.717, 1.165) is 34.4 Å². The minimum Gasteiger partial charge on any atom is -0.497 e. The number of nitrogens with zero attached hydrogens (tertiary/aromatic N) is 2. The molecule has 0 aromatic heterocycles. The fraction of sp³-hybridized carbons (Fsp3) is 0.308. The molecule has 1 amide bonds. The Labute approximate surface area is 193 Å². The number of carbonyl (C=O) groups is 2. The average molecular weight is 451 g/mol. The number of ketones is 1. The Morgan fingerprint density at radius 1 is 1.22 bits per heavy atom. The number of allylic oxidation sites excluding steroid dienone is 2. The van der Waals surface area contributed by atoms with Gasteiger partial charge in [-0.1, -0.05) is 35.9 Å². The van der Waals surface area contributed by atoms with Crippen molar-refractivity contribution in [2.75, 3.05) is 20.2 Å². The van der Waals surface area contributed by atoms with E-state index < -0.39 is 0 Å². The molecule has 4 rings (SSSR count). The molecule has 2 heterocycles. The lowest BCUT2D eigenvalue weighted by Gasteiger charge is -2.31. The first-order valence-corrected chi connectivity index (χ1v) is 11.2. The van der Waals surface area contributed by atoms with Crippen LogP contribution in [-0.2, 0) is 17.8 Å². The Balaban J connectivity index is 1.42. The molecule has 1 unspecified atom stereocenters. The van der Waals surface area contributed by atoms with Crippen molar-refractivity contribution in [2.45, 2.75) is 26.3 Å². The molecule has 0 aliphatic carbocycles. The number of hydrogen-bond acceptors (Lipinski definition) is 4. The second-order valence-corrected chi connectivity index (χ2v) is 8.61. The maximum absolute atomic E-state index is 13.0. The number of rotatable bonds is 7. The van der Waals surface area contributed by atoms with Crippen molar-refractivity contribution >= 4 is 23.3 Å². The molecule has 0 radical (unpaired) electrons. The molecule has 2 aliphatic rings. The zero-order valence-electron chi connectivity index (χ0n) is 18.4. The van der Waals surface area contributed by atoms with E-state index >= 15 is 0 Å². The second-order valence-electron chi connectivity index (χ2n) is 8.21. The summed E-state index contributed by atoms with van der Waals surface area (Å²) in [6.45, 7) is 3.48. The van der Waals surface area contributed by atoms with Crippen LogP contribution in [0.15, 0.2) is 66.5 Å². The Morgan fingerprint density at radius 2 is 2.03 bits per heavy atom. The minimum absolute atomic E-state index is 0.0138. The van der Waals surface area contributed by atoms with Gasteiger partial charge in [0.2, 0.25) is 0 Å². The number of halogens is 1. The van der Waals surface area contributed by atoms with E-state index in [4.69, 9.17) is 16.3 Å². The highest BCUT2D eigenvalue weighted by Crippen LogP contribution is 2.28. The van der Waals surface area contributed by atoms with Gasteiger partial charge >= 0.3 is 0 Å². The van der Waals surface area contributed by atoms with E-state index in [1.165, 1.54) is 0 Å². The highest BCUT2D eigenvalue weighted by Gasteiger charge is 2.27. The first-order chi connectivity index (χ1) is 15.5. The molecule has 0 fully saturated rings. The summed E-state index contributed by atoms with van der Waals surface area (Å²) in [5.74, 6) is 0.850. The quantitative estimate of drug-likeness (QED) is 0.604. The summed E-state index contributed by atoms with van der Waals surface area (Å²) in [7, 11) is 1.63. The van der Waals surface area contributed by atoms with Gasteiger partial charge in [0.15, 0.2) is 5.78 Å². The van der Waals surface area contributed by atoms with Crippen LogP contribution in [0.4, 0.5) is 0 Å². The van der Waals surface area contributed by atoms with Gasteiger partial charge in [0.05, 0.1) is 7.11 Å². The summed E-state index contributed by atoms with van der Waals surface area (Å²) in [5, 5.41) is 0.710. The molecule has 6 heteroatoms. The van der Waals surface area contributed by atoms with E-state index in [1.54, 1.807) is 14.0 Å². The van der Waals surface area contributed by atoms with Crippen molar-refractivity contribution in [1.82, 2.24) is 9.80 Å². The van der Waals surface area contributed by atoms with Crippen LogP contribution in [0.1, 0.15) is 34.8 Å². The first kappa shape index (κ1) is 22.2. The number of benzene rings is 2. The second kappa shape index (κ2) is 9.61. The maximum atomic E-state index is 13.0. The third-order valence-corrected chi connectivity index (χ3v) is 6.49. The SMILES string of the molecule is COc1ccc2c(c1)CCN(CCC1C=CN(Cc3ccccc3Cl)C=C1C(C)=O)C2=O. The van der Waals surface area contributed by atoms with Crippen LogP contribution in [0.5, 0.6) is 5.75 Å². The van der Waals surface area contributed by atoms with Gasteiger partial charge < -0.3 is 14.5 Å².